The molecule has 0 amide bonds. The van der Waals surface area contributed by atoms with Crippen molar-refractivity contribution >= 4 is 11.7 Å². The van der Waals surface area contributed by atoms with E-state index >= 15 is 0 Å². The van der Waals surface area contributed by atoms with Gasteiger partial charge in [0, 0.05) is 11.7 Å². The van der Waals surface area contributed by atoms with E-state index in [1.807, 2.05) is 6.92 Å². The molecule has 1 atom stereocenters. The van der Waals surface area contributed by atoms with Gasteiger partial charge in [0.2, 0.25) is 0 Å². The smallest absolute Gasteiger partial charge is 0.305 e. The largest absolute Gasteiger partial charge is 0.481 e. The molecular formula is C12H15NO2. The molecule has 1 heterocycles. The maximum atomic E-state index is 10.6. The maximum Gasteiger partial charge on any atom is 0.305 e. The number of hydrogen-bond acceptors (Lipinski definition) is 2. The van der Waals surface area contributed by atoms with Crippen LogP contribution in [0.5, 0.6) is 0 Å². The molecule has 3 heteroatoms. The van der Waals surface area contributed by atoms with Gasteiger partial charge in [-0.15, -0.1) is 0 Å². The molecule has 0 aliphatic carbocycles. The molecule has 0 aromatic heterocycles. The van der Waals surface area contributed by atoms with Crippen LogP contribution >= 0.6 is 0 Å². The molecule has 80 valence electrons. The highest BCUT2D eigenvalue weighted by Gasteiger charge is 2.19. The zero-order valence-electron chi connectivity index (χ0n) is 8.79. The fourth-order valence-electron chi connectivity index (χ4n) is 2.03. The number of carboxylic acids is 1. The molecule has 2 N–H and O–H groups in total. The molecule has 3 nitrogen and oxygen atoms in total. The van der Waals surface area contributed by atoms with Gasteiger partial charge in [-0.25, -0.2) is 0 Å². The van der Waals surface area contributed by atoms with Crippen LogP contribution in [0.3, 0.4) is 0 Å². The number of nitrogens with one attached hydrogen (secondary N) is 1. The monoisotopic (exact) mass is 205 g/mol. The number of carbonyl (C=O) groups is 1. The quantitative estimate of drug-likeness (QED) is 0.778. The standard InChI is InChI=1S/C12H15NO2/c1-8-2-3-9-4-5-10(7-12(14)15)13-11(9)6-8/h2-3,6,10,13H,4-5,7H2,1H3,(H,14,15). The molecule has 1 aliphatic rings. The van der Waals surface area contributed by atoms with E-state index in [1.165, 1.54) is 11.1 Å². The predicted octanol–water partition coefficient (Wildman–Crippen LogP) is 2.20. The SMILES string of the molecule is Cc1ccc2c(c1)NC(CC(=O)O)CC2. The van der Waals surface area contributed by atoms with Crippen LogP contribution in [0.25, 0.3) is 0 Å². The van der Waals surface area contributed by atoms with Crippen molar-refractivity contribution in [3.63, 3.8) is 0 Å². The minimum atomic E-state index is -0.733. The van der Waals surface area contributed by atoms with Crippen molar-refractivity contribution in [2.75, 3.05) is 5.32 Å². The Morgan fingerprint density at radius 3 is 3.13 bits per heavy atom. The summed E-state index contributed by atoms with van der Waals surface area (Å²) in [4.78, 5) is 10.6. The van der Waals surface area contributed by atoms with Gasteiger partial charge in [-0.2, -0.15) is 0 Å². The normalized spacial score (nSPS) is 19.1. The van der Waals surface area contributed by atoms with Crippen LogP contribution in [-0.2, 0) is 11.2 Å². The summed E-state index contributed by atoms with van der Waals surface area (Å²) >= 11 is 0. The Kier molecular flexibility index (Phi) is 2.62. The molecule has 1 aromatic rings. The van der Waals surface area contributed by atoms with Crippen LogP contribution in [0.1, 0.15) is 24.0 Å². The molecule has 1 aromatic carbocycles. The Labute approximate surface area is 89.1 Å². The zero-order valence-corrected chi connectivity index (χ0v) is 8.79. The van der Waals surface area contributed by atoms with Gasteiger partial charge in [-0.3, -0.25) is 4.79 Å². The Bertz CT molecular complexity index is 387. The van der Waals surface area contributed by atoms with Crippen LogP contribution in [0.15, 0.2) is 18.2 Å². The molecule has 1 aliphatic heterocycles. The Balaban J connectivity index is 2.14. The van der Waals surface area contributed by atoms with Gasteiger partial charge in [0.05, 0.1) is 6.42 Å². The van der Waals surface area contributed by atoms with Crippen LogP contribution in [0, 0.1) is 6.92 Å². The lowest BCUT2D eigenvalue weighted by Crippen LogP contribution is -2.27. The van der Waals surface area contributed by atoms with Crippen LogP contribution in [0.4, 0.5) is 5.69 Å². The highest BCUT2D eigenvalue weighted by atomic mass is 16.4. The fourth-order valence-corrected chi connectivity index (χ4v) is 2.03. The summed E-state index contributed by atoms with van der Waals surface area (Å²) < 4.78 is 0. The molecule has 0 bridgehead atoms. The first-order chi connectivity index (χ1) is 7.15. The second kappa shape index (κ2) is 3.93. The molecule has 2 rings (SSSR count). The van der Waals surface area contributed by atoms with E-state index in [1.54, 1.807) is 0 Å². The third kappa shape index (κ3) is 2.29. The Hall–Kier alpha value is -1.51. The molecule has 0 saturated heterocycles. The number of fused-ring (bicyclic) bond motifs is 1. The summed E-state index contributed by atoms with van der Waals surface area (Å²) in [5, 5.41) is 12.0. The first-order valence-electron chi connectivity index (χ1n) is 5.23. The van der Waals surface area contributed by atoms with Gasteiger partial charge in [0.15, 0.2) is 0 Å². The highest BCUT2D eigenvalue weighted by Crippen LogP contribution is 2.26. The Morgan fingerprint density at radius 2 is 2.40 bits per heavy atom. The molecule has 1 unspecified atom stereocenters. The fraction of sp³-hybridized carbons (Fsp3) is 0.417. The minimum absolute atomic E-state index is 0.0804. The molecular weight excluding hydrogens is 190 g/mol. The summed E-state index contributed by atoms with van der Waals surface area (Å²) in [5.41, 5.74) is 3.60. The lowest BCUT2D eigenvalue weighted by atomic mass is 9.95. The van der Waals surface area contributed by atoms with Gasteiger partial charge in [-0.05, 0) is 37.0 Å². The van der Waals surface area contributed by atoms with Crippen LogP contribution in [0.2, 0.25) is 0 Å². The Morgan fingerprint density at radius 1 is 1.60 bits per heavy atom. The van der Waals surface area contributed by atoms with E-state index in [0.717, 1.165) is 18.5 Å². The van der Waals surface area contributed by atoms with Crippen molar-refractivity contribution in [1.29, 1.82) is 0 Å². The van der Waals surface area contributed by atoms with Crippen LogP contribution in [-0.4, -0.2) is 17.1 Å². The number of anilines is 1. The first kappa shape index (κ1) is 10.0. The van der Waals surface area contributed by atoms with Crippen molar-refractivity contribution in [3.05, 3.63) is 29.3 Å². The van der Waals surface area contributed by atoms with Gasteiger partial charge >= 0.3 is 5.97 Å². The summed E-state index contributed by atoms with van der Waals surface area (Å²) in [7, 11) is 0. The average Bonchev–Trinajstić information content (AvgIpc) is 2.16. The number of hydrogen-bond donors (Lipinski definition) is 2. The van der Waals surface area contributed by atoms with Gasteiger partial charge < -0.3 is 10.4 Å². The van der Waals surface area contributed by atoms with Crippen molar-refractivity contribution in [3.8, 4) is 0 Å². The van der Waals surface area contributed by atoms with E-state index in [0.29, 0.717) is 0 Å². The summed E-state index contributed by atoms with van der Waals surface area (Å²) in [6.07, 6.45) is 2.08. The third-order valence-electron chi connectivity index (χ3n) is 2.81. The third-order valence-corrected chi connectivity index (χ3v) is 2.81. The molecule has 0 spiro atoms. The second-order valence-corrected chi connectivity index (χ2v) is 4.14. The lowest BCUT2D eigenvalue weighted by molar-refractivity contribution is -0.137. The zero-order chi connectivity index (χ0) is 10.8. The number of rotatable bonds is 2. The molecule has 0 radical (unpaired) electrons. The van der Waals surface area contributed by atoms with Crippen molar-refractivity contribution in [2.24, 2.45) is 0 Å². The summed E-state index contributed by atoms with van der Waals surface area (Å²) in [6.45, 7) is 2.04. The van der Waals surface area contributed by atoms with E-state index in [2.05, 4.69) is 23.5 Å². The summed E-state index contributed by atoms with van der Waals surface area (Å²) in [6, 6.07) is 6.38. The number of aryl methyl sites for hydroxylation is 2. The number of benzene rings is 1. The average molecular weight is 205 g/mol. The van der Waals surface area contributed by atoms with Gasteiger partial charge in [-0.1, -0.05) is 12.1 Å². The van der Waals surface area contributed by atoms with Crippen molar-refractivity contribution in [1.82, 2.24) is 0 Å². The topological polar surface area (TPSA) is 49.3 Å². The highest BCUT2D eigenvalue weighted by molar-refractivity contribution is 5.69. The first-order valence-corrected chi connectivity index (χ1v) is 5.23. The minimum Gasteiger partial charge on any atom is -0.481 e. The number of aliphatic carboxylic acids is 1. The van der Waals surface area contributed by atoms with E-state index < -0.39 is 5.97 Å². The predicted molar refractivity (Wildman–Crippen MR) is 59.2 cm³/mol. The van der Waals surface area contributed by atoms with Gasteiger partial charge in [0.25, 0.3) is 0 Å². The molecule has 0 saturated carbocycles. The molecule has 15 heavy (non-hydrogen) atoms. The molecule has 0 fully saturated rings. The summed E-state index contributed by atoms with van der Waals surface area (Å²) in [5.74, 6) is -0.733. The van der Waals surface area contributed by atoms with E-state index in [9.17, 15) is 4.79 Å². The van der Waals surface area contributed by atoms with Crippen LogP contribution < -0.4 is 5.32 Å². The second-order valence-electron chi connectivity index (χ2n) is 4.14. The van der Waals surface area contributed by atoms with Crippen molar-refractivity contribution < 1.29 is 9.90 Å². The van der Waals surface area contributed by atoms with Crippen molar-refractivity contribution in [2.45, 2.75) is 32.2 Å². The van der Waals surface area contributed by atoms with E-state index in [4.69, 9.17) is 5.11 Å². The number of carboxylic acid groups (broad SMARTS) is 1. The van der Waals surface area contributed by atoms with E-state index in [-0.39, 0.29) is 12.5 Å². The lowest BCUT2D eigenvalue weighted by Gasteiger charge is -2.26. The van der Waals surface area contributed by atoms with Gasteiger partial charge in [0.1, 0.15) is 0 Å². The maximum absolute atomic E-state index is 10.6.